The van der Waals surface area contributed by atoms with E-state index in [9.17, 15) is 14.0 Å². The van der Waals surface area contributed by atoms with Gasteiger partial charge < -0.3 is 10.2 Å². The van der Waals surface area contributed by atoms with E-state index in [0.717, 1.165) is 12.8 Å². The minimum absolute atomic E-state index is 0.237. The van der Waals surface area contributed by atoms with E-state index in [1.54, 1.807) is 18.7 Å². The Kier molecular flexibility index (Phi) is 3.11. The molecule has 1 saturated heterocycles. The van der Waals surface area contributed by atoms with Gasteiger partial charge in [-0.1, -0.05) is 0 Å². The van der Waals surface area contributed by atoms with Crippen LogP contribution in [0.1, 0.15) is 26.7 Å². The molecule has 2 aliphatic heterocycles. The number of hydrogen-bond acceptors (Lipinski definition) is 2. The summed E-state index contributed by atoms with van der Waals surface area (Å²) >= 11 is 0. The monoisotopic (exact) mass is 291 g/mol. The summed E-state index contributed by atoms with van der Waals surface area (Å²) in [4.78, 5) is 28.2. The molecule has 5 nitrogen and oxygen atoms in total. The lowest BCUT2D eigenvalue weighted by molar-refractivity contribution is -0.120. The number of amides is 3. The van der Waals surface area contributed by atoms with E-state index < -0.39 is 11.4 Å². The summed E-state index contributed by atoms with van der Waals surface area (Å²) < 4.78 is 13.6. The van der Waals surface area contributed by atoms with Crippen molar-refractivity contribution in [1.82, 2.24) is 4.90 Å². The highest BCUT2D eigenvalue weighted by molar-refractivity contribution is 6.13. The molecule has 2 aliphatic rings. The van der Waals surface area contributed by atoms with Crippen molar-refractivity contribution in [2.75, 3.05) is 23.3 Å². The molecule has 0 atom stereocenters. The van der Waals surface area contributed by atoms with Gasteiger partial charge in [0.05, 0.1) is 11.4 Å². The summed E-state index contributed by atoms with van der Waals surface area (Å²) in [5.41, 5.74) is -0.176. The van der Waals surface area contributed by atoms with E-state index in [1.807, 2.05) is 0 Å². The molecule has 0 radical (unpaired) electrons. The maximum absolute atomic E-state index is 13.6. The molecule has 1 aromatic rings. The molecule has 21 heavy (non-hydrogen) atoms. The number of carbonyl (C=O) groups is 2. The van der Waals surface area contributed by atoms with Gasteiger partial charge in [0.25, 0.3) is 0 Å². The molecule has 1 N–H and O–H groups in total. The molecule has 0 aliphatic carbocycles. The van der Waals surface area contributed by atoms with Crippen molar-refractivity contribution in [2.45, 2.75) is 32.2 Å². The average Bonchev–Trinajstić information content (AvgIpc) is 2.94. The maximum Gasteiger partial charge on any atom is 0.325 e. The highest BCUT2D eigenvalue weighted by atomic mass is 19.1. The van der Waals surface area contributed by atoms with Crippen LogP contribution >= 0.6 is 0 Å². The van der Waals surface area contributed by atoms with Crippen LogP contribution in [0.15, 0.2) is 18.2 Å². The predicted octanol–water partition coefficient (Wildman–Crippen LogP) is 2.58. The zero-order valence-electron chi connectivity index (χ0n) is 12.1. The van der Waals surface area contributed by atoms with Crippen molar-refractivity contribution in [3.8, 4) is 0 Å². The Morgan fingerprint density at radius 3 is 2.62 bits per heavy atom. The van der Waals surface area contributed by atoms with Gasteiger partial charge in [0.2, 0.25) is 5.91 Å². The van der Waals surface area contributed by atoms with E-state index >= 15 is 0 Å². The number of urea groups is 1. The average molecular weight is 291 g/mol. The second-order valence-corrected chi connectivity index (χ2v) is 5.99. The molecule has 0 spiro atoms. The first-order chi connectivity index (χ1) is 9.91. The summed E-state index contributed by atoms with van der Waals surface area (Å²) in [5, 5.41) is 2.73. The van der Waals surface area contributed by atoms with Crippen LogP contribution in [0.25, 0.3) is 0 Å². The normalized spacial score (nSPS) is 20.2. The lowest BCUT2D eigenvalue weighted by Crippen LogP contribution is -2.61. The first-order valence-corrected chi connectivity index (χ1v) is 7.11. The number of nitrogens with one attached hydrogen (secondary N) is 1. The summed E-state index contributed by atoms with van der Waals surface area (Å²) in [6, 6.07) is 3.82. The smallest absolute Gasteiger partial charge is 0.324 e. The van der Waals surface area contributed by atoms with Crippen LogP contribution in [0.3, 0.4) is 0 Å². The number of fused-ring (bicyclic) bond motifs is 1. The third-order valence-corrected chi connectivity index (χ3v) is 4.13. The fourth-order valence-corrected chi connectivity index (χ4v) is 2.87. The van der Waals surface area contributed by atoms with Crippen LogP contribution in [-0.4, -0.2) is 35.5 Å². The Hall–Kier alpha value is -2.11. The lowest BCUT2D eigenvalue weighted by atomic mass is 9.96. The minimum Gasteiger partial charge on any atom is -0.324 e. The van der Waals surface area contributed by atoms with Crippen molar-refractivity contribution >= 4 is 23.3 Å². The van der Waals surface area contributed by atoms with Crippen LogP contribution in [0.5, 0.6) is 0 Å². The summed E-state index contributed by atoms with van der Waals surface area (Å²) in [5.74, 6) is -0.700. The fraction of sp³-hybridized carbons (Fsp3) is 0.467. The number of anilines is 2. The molecule has 1 aromatic carbocycles. The molecule has 3 amide bonds. The summed E-state index contributed by atoms with van der Waals surface area (Å²) in [6.45, 7) is 4.70. The van der Waals surface area contributed by atoms with Crippen molar-refractivity contribution in [3.05, 3.63) is 24.0 Å². The van der Waals surface area contributed by atoms with Crippen LogP contribution in [0.4, 0.5) is 20.6 Å². The molecule has 1 fully saturated rings. The Labute approximate surface area is 122 Å². The van der Waals surface area contributed by atoms with E-state index in [-0.39, 0.29) is 11.9 Å². The van der Waals surface area contributed by atoms with Gasteiger partial charge in [0, 0.05) is 13.1 Å². The third-order valence-electron chi connectivity index (χ3n) is 4.13. The van der Waals surface area contributed by atoms with Gasteiger partial charge in [-0.3, -0.25) is 9.69 Å². The summed E-state index contributed by atoms with van der Waals surface area (Å²) in [7, 11) is 0. The van der Waals surface area contributed by atoms with Crippen molar-refractivity contribution < 1.29 is 14.0 Å². The Bertz CT molecular complexity index is 609. The highest BCUT2D eigenvalue weighted by Gasteiger charge is 2.45. The number of carbonyl (C=O) groups excluding carboxylic acids is 2. The van der Waals surface area contributed by atoms with Gasteiger partial charge in [0.1, 0.15) is 11.4 Å². The number of hydrogen-bond donors (Lipinski definition) is 1. The van der Waals surface area contributed by atoms with Gasteiger partial charge in [-0.2, -0.15) is 0 Å². The van der Waals surface area contributed by atoms with Gasteiger partial charge in [-0.05, 0) is 44.9 Å². The standard InChI is InChI=1S/C15H18FN3O2/c1-15(2)13(20)17-11-6-5-10(16)9-12(11)19(15)14(21)18-7-3-4-8-18/h5-6,9H,3-4,7-8H2,1-2H3,(H,17,20). The number of likely N-dealkylation sites (tertiary alicyclic amines) is 1. The molecule has 0 aromatic heterocycles. The zero-order valence-corrected chi connectivity index (χ0v) is 12.1. The van der Waals surface area contributed by atoms with Crippen LogP contribution in [0, 0.1) is 5.82 Å². The Balaban J connectivity index is 2.08. The van der Waals surface area contributed by atoms with Crippen molar-refractivity contribution in [1.29, 1.82) is 0 Å². The lowest BCUT2D eigenvalue weighted by Gasteiger charge is -2.43. The van der Waals surface area contributed by atoms with E-state index in [4.69, 9.17) is 0 Å². The second kappa shape index (κ2) is 4.72. The van der Waals surface area contributed by atoms with Gasteiger partial charge in [-0.15, -0.1) is 0 Å². The number of halogens is 1. The van der Waals surface area contributed by atoms with Gasteiger partial charge in [-0.25, -0.2) is 9.18 Å². The predicted molar refractivity (Wildman–Crippen MR) is 77.8 cm³/mol. The van der Waals surface area contributed by atoms with Crippen LogP contribution < -0.4 is 10.2 Å². The fourth-order valence-electron chi connectivity index (χ4n) is 2.87. The van der Waals surface area contributed by atoms with Gasteiger partial charge in [0.15, 0.2) is 0 Å². The van der Waals surface area contributed by atoms with Gasteiger partial charge >= 0.3 is 6.03 Å². The zero-order chi connectivity index (χ0) is 15.2. The SMILES string of the molecule is CC1(C)C(=O)Nc2ccc(F)cc2N1C(=O)N1CCCC1. The first-order valence-electron chi connectivity index (χ1n) is 7.11. The highest BCUT2D eigenvalue weighted by Crippen LogP contribution is 2.38. The molecular formula is C15H18FN3O2. The summed E-state index contributed by atoms with van der Waals surface area (Å²) in [6.07, 6.45) is 1.92. The number of nitrogens with zero attached hydrogens (tertiary/aromatic N) is 2. The molecule has 3 rings (SSSR count). The van der Waals surface area contributed by atoms with Crippen LogP contribution in [0.2, 0.25) is 0 Å². The molecular weight excluding hydrogens is 273 g/mol. The molecule has 0 unspecified atom stereocenters. The topological polar surface area (TPSA) is 52.7 Å². The molecule has 112 valence electrons. The third kappa shape index (κ3) is 2.14. The maximum atomic E-state index is 13.6. The number of benzene rings is 1. The second-order valence-electron chi connectivity index (χ2n) is 5.99. The quantitative estimate of drug-likeness (QED) is 0.798. The first kappa shape index (κ1) is 13.9. The molecule has 0 saturated carbocycles. The Morgan fingerprint density at radius 1 is 1.29 bits per heavy atom. The molecule has 6 heteroatoms. The largest absolute Gasteiger partial charge is 0.325 e. The number of rotatable bonds is 0. The minimum atomic E-state index is -1.06. The molecule has 0 bridgehead atoms. The van der Waals surface area contributed by atoms with E-state index in [2.05, 4.69) is 5.32 Å². The van der Waals surface area contributed by atoms with E-state index in [0.29, 0.717) is 24.5 Å². The van der Waals surface area contributed by atoms with E-state index in [1.165, 1.54) is 23.1 Å². The van der Waals surface area contributed by atoms with Crippen LogP contribution in [-0.2, 0) is 4.79 Å². The van der Waals surface area contributed by atoms with Crippen molar-refractivity contribution in [2.24, 2.45) is 0 Å². The Morgan fingerprint density at radius 2 is 1.95 bits per heavy atom. The van der Waals surface area contributed by atoms with Crippen molar-refractivity contribution in [3.63, 3.8) is 0 Å². The molecule has 2 heterocycles.